The minimum absolute atomic E-state index is 0.0292. The Labute approximate surface area is 149 Å². The quantitative estimate of drug-likeness (QED) is 0.929. The first-order chi connectivity index (χ1) is 12.2. The van der Waals surface area contributed by atoms with E-state index >= 15 is 0 Å². The fourth-order valence-electron chi connectivity index (χ4n) is 4.68. The van der Waals surface area contributed by atoms with Gasteiger partial charge in [0.25, 0.3) is 0 Å². The Hall–Kier alpha value is -1.79. The Kier molecular flexibility index (Phi) is 4.56. The van der Waals surface area contributed by atoms with E-state index in [-0.39, 0.29) is 5.54 Å². The van der Waals surface area contributed by atoms with E-state index in [9.17, 15) is 0 Å². The van der Waals surface area contributed by atoms with Gasteiger partial charge in [-0.25, -0.2) is 0 Å². The predicted molar refractivity (Wildman–Crippen MR) is 97.8 cm³/mol. The van der Waals surface area contributed by atoms with Crippen LogP contribution in [0.5, 0.6) is 0 Å². The lowest BCUT2D eigenvalue weighted by atomic mass is 9.79. The first-order valence-corrected chi connectivity index (χ1v) is 9.54. The van der Waals surface area contributed by atoms with Gasteiger partial charge in [0.1, 0.15) is 0 Å². The maximum Gasteiger partial charge on any atom is 0.176 e. The third kappa shape index (κ3) is 2.87. The van der Waals surface area contributed by atoms with Crippen LogP contribution in [0.1, 0.15) is 49.1 Å². The molecular formula is C19H28N6. The lowest BCUT2D eigenvalue weighted by molar-refractivity contribution is 0.0269. The van der Waals surface area contributed by atoms with Crippen LogP contribution in [0.25, 0.3) is 5.69 Å². The summed E-state index contributed by atoms with van der Waals surface area (Å²) >= 11 is 0. The summed E-state index contributed by atoms with van der Waals surface area (Å²) in [4.78, 5) is 2.64. The highest BCUT2D eigenvalue weighted by molar-refractivity contribution is 5.47. The zero-order valence-electron chi connectivity index (χ0n) is 15.3. The zero-order valence-corrected chi connectivity index (χ0v) is 15.3. The van der Waals surface area contributed by atoms with Crippen molar-refractivity contribution in [1.29, 1.82) is 0 Å². The summed E-state index contributed by atoms with van der Waals surface area (Å²) in [6, 6.07) is 6.39. The summed E-state index contributed by atoms with van der Waals surface area (Å²) < 4.78 is 2.03. The van der Waals surface area contributed by atoms with Gasteiger partial charge in [0.15, 0.2) is 5.82 Å². The molecule has 4 rings (SSSR count). The molecule has 2 aliphatic rings. The van der Waals surface area contributed by atoms with Gasteiger partial charge >= 0.3 is 0 Å². The Morgan fingerprint density at radius 3 is 2.36 bits per heavy atom. The van der Waals surface area contributed by atoms with Crippen LogP contribution < -0.4 is 5.32 Å². The topological polar surface area (TPSA) is 58.9 Å². The van der Waals surface area contributed by atoms with Gasteiger partial charge in [-0.05, 0) is 48.2 Å². The summed E-state index contributed by atoms with van der Waals surface area (Å²) in [6.45, 7) is 8.52. The van der Waals surface area contributed by atoms with E-state index in [0.717, 1.165) is 50.5 Å². The second-order valence-corrected chi connectivity index (χ2v) is 7.48. The van der Waals surface area contributed by atoms with E-state index in [0.29, 0.717) is 0 Å². The Balaban J connectivity index is 1.83. The fourth-order valence-corrected chi connectivity index (χ4v) is 4.68. The molecule has 1 saturated heterocycles. The number of aryl methyl sites for hydroxylation is 2. The summed E-state index contributed by atoms with van der Waals surface area (Å²) in [5.41, 5.74) is 3.56. The average molecular weight is 340 g/mol. The van der Waals surface area contributed by atoms with Crippen molar-refractivity contribution in [3.63, 3.8) is 0 Å². The highest BCUT2D eigenvalue weighted by atomic mass is 15.6. The van der Waals surface area contributed by atoms with Crippen molar-refractivity contribution < 1.29 is 0 Å². The van der Waals surface area contributed by atoms with Crippen LogP contribution in [0.4, 0.5) is 0 Å². The molecule has 2 fully saturated rings. The highest BCUT2D eigenvalue weighted by Crippen LogP contribution is 2.42. The molecule has 6 heteroatoms. The molecule has 2 heterocycles. The maximum absolute atomic E-state index is 4.59. The number of rotatable bonds is 3. The molecule has 1 aliphatic carbocycles. The fraction of sp³-hybridized carbons (Fsp3) is 0.632. The molecule has 0 radical (unpaired) electrons. The van der Waals surface area contributed by atoms with Crippen molar-refractivity contribution in [2.75, 3.05) is 26.2 Å². The number of hydrogen-bond donors (Lipinski definition) is 1. The van der Waals surface area contributed by atoms with E-state index in [1.54, 1.807) is 0 Å². The van der Waals surface area contributed by atoms with E-state index in [2.05, 4.69) is 57.8 Å². The normalized spacial score (nSPS) is 21.4. The molecular weight excluding hydrogens is 312 g/mol. The molecule has 2 aromatic rings. The van der Waals surface area contributed by atoms with Crippen LogP contribution in [-0.4, -0.2) is 51.3 Å². The third-order valence-corrected chi connectivity index (χ3v) is 5.94. The molecule has 0 bridgehead atoms. The van der Waals surface area contributed by atoms with Crippen LogP contribution in [-0.2, 0) is 5.54 Å². The van der Waals surface area contributed by atoms with Crippen molar-refractivity contribution in [3.05, 3.63) is 35.2 Å². The Bertz CT molecular complexity index is 705. The van der Waals surface area contributed by atoms with Crippen LogP contribution in [0.3, 0.4) is 0 Å². The monoisotopic (exact) mass is 340 g/mol. The molecule has 1 aliphatic heterocycles. The van der Waals surface area contributed by atoms with Crippen molar-refractivity contribution in [2.45, 2.75) is 51.5 Å². The molecule has 6 nitrogen and oxygen atoms in total. The van der Waals surface area contributed by atoms with Crippen molar-refractivity contribution in [3.8, 4) is 5.69 Å². The second-order valence-electron chi connectivity index (χ2n) is 7.48. The lowest BCUT2D eigenvalue weighted by Crippen LogP contribution is -2.56. The van der Waals surface area contributed by atoms with Gasteiger partial charge in [0.2, 0.25) is 0 Å². The van der Waals surface area contributed by atoms with Crippen LogP contribution in [0.2, 0.25) is 0 Å². The van der Waals surface area contributed by atoms with Gasteiger partial charge in [-0.2, -0.15) is 4.68 Å². The van der Waals surface area contributed by atoms with E-state index in [1.807, 2.05) is 4.68 Å². The number of para-hydroxylation sites is 1. The molecule has 0 spiro atoms. The summed E-state index contributed by atoms with van der Waals surface area (Å²) in [7, 11) is 0. The SMILES string of the molecule is Cc1cccc(C)c1-n1nnnc1C1(N2CCNCC2)CCCCC1. The molecule has 0 unspecified atom stereocenters. The smallest absolute Gasteiger partial charge is 0.176 e. The molecule has 1 aromatic carbocycles. The van der Waals surface area contributed by atoms with Gasteiger partial charge in [-0.3, -0.25) is 4.90 Å². The maximum atomic E-state index is 4.59. The third-order valence-electron chi connectivity index (χ3n) is 5.94. The van der Waals surface area contributed by atoms with E-state index in [1.165, 1.54) is 30.4 Å². The summed E-state index contributed by atoms with van der Waals surface area (Å²) in [5, 5.41) is 16.6. The lowest BCUT2D eigenvalue weighted by Gasteiger charge is -2.47. The first-order valence-electron chi connectivity index (χ1n) is 9.54. The molecule has 1 saturated carbocycles. The number of nitrogens with one attached hydrogen (secondary N) is 1. The van der Waals surface area contributed by atoms with Crippen LogP contribution in [0.15, 0.2) is 18.2 Å². The number of piperazine rings is 1. The van der Waals surface area contributed by atoms with Crippen LogP contribution in [0, 0.1) is 13.8 Å². The Morgan fingerprint density at radius 2 is 1.68 bits per heavy atom. The highest BCUT2D eigenvalue weighted by Gasteiger charge is 2.44. The second kappa shape index (κ2) is 6.84. The first kappa shape index (κ1) is 16.7. The molecule has 1 N–H and O–H groups in total. The minimum atomic E-state index is -0.0292. The van der Waals surface area contributed by atoms with Gasteiger partial charge in [0, 0.05) is 26.2 Å². The number of nitrogens with zero attached hydrogens (tertiary/aromatic N) is 5. The number of hydrogen-bond acceptors (Lipinski definition) is 5. The summed E-state index contributed by atoms with van der Waals surface area (Å²) in [5.74, 6) is 1.03. The Morgan fingerprint density at radius 1 is 1.00 bits per heavy atom. The average Bonchev–Trinajstić information content (AvgIpc) is 3.13. The molecule has 0 atom stereocenters. The van der Waals surface area contributed by atoms with Gasteiger partial charge in [0.05, 0.1) is 11.2 Å². The molecule has 25 heavy (non-hydrogen) atoms. The minimum Gasteiger partial charge on any atom is -0.314 e. The van der Waals surface area contributed by atoms with Crippen LogP contribution >= 0.6 is 0 Å². The largest absolute Gasteiger partial charge is 0.314 e. The zero-order chi connectivity index (χ0) is 17.3. The molecule has 0 amide bonds. The van der Waals surface area contributed by atoms with E-state index in [4.69, 9.17) is 0 Å². The van der Waals surface area contributed by atoms with Crippen molar-refractivity contribution in [2.24, 2.45) is 0 Å². The van der Waals surface area contributed by atoms with Crippen molar-refractivity contribution >= 4 is 0 Å². The van der Waals surface area contributed by atoms with Gasteiger partial charge in [-0.1, -0.05) is 37.5 Å². The van der Waals surface area contributed by atoms with Gasteiger partial charge < -0.3 is 5.32 Å². The van der Waals surface area contributed by atoms with E-state index < -0.39 is 0 Å². The van der Waals surface area contributed by atoms with Crippen molar-refractivity contribution in [1.82, 2.24) is 30.4 Å². The molecule has 1 aromatic heterocycles. The molecule has 134 valence electrons. The van der Waals surface area contributed by atoms with Gasteiger partial charge in [-0.15, -0.1) is 5.10 Å². The number of tetrazole rings is 1. The number of benzene rings is 1. The standard InChI is InChI=1S/C19H28N6/c1-15-7-6-8-16(2)17(15)25-18(21-22-23-25)19(9-4-3-5-10-19)24-13-11-20-12-14-24/h6-8,20H,3-5,9-14H2,1-2H3. The predicted octanol–water partition coefficient (Wildman–Crippen LogP) is 2.34. The summed E-state index contributed by atoms with van der Waals surface area (Å²) in [6.07, 6.45) is 6.13. The number of aromatic nitrogens is 4.